The second-order valence-electron chi connectivity index (χ2n) is 3.54. The van der Waals surface area contributed by atoms with Gasteiger partial charge in [0.25, 0.3) is 0 Å². The summed E-state index contributed by atoms with van der Waals surface area (Å²) in [6.45, 7) is 0.452. The van der Waals surface area contributed by atoms with Gasteiger partial charge in [0.1, 0.15) is 0 Å². The van der Waals surface area contributed by atoms with Crippen molar-refractivity contribution in [2.75, 3.05) is 11.9 Å². The first-order valence-corrected chi connectivity index (χ1v) is 5.77. The molecule has 1 aromatic rings. The Kier molecular flexibility index (Phi) is 3.00. The van der Waals surface area contributed by atoms with Gasteiger partial charge in [-0.2, -0.15) is 0 Å². The summed E-state index contributed by atoms with van der Waals surface area (Å²) in [5.41, 5.74) is 7.35. The Morgan fingerprint density at radius 2 is 2.33 bits per heavy atom. The maximum absolute atomic E-state index is 11.4. The Balaban J connectivity index is 2.55. The van der Waals surface area contributed by atoms with E-state index in [4.69, 9.17) is 17.3 Å². The van der Waals surface area contributed by atoms with Crippen LogP contribution in [0.5, 0.6) is 0 Å². The van der Waals surface area contributed by atoms with Crippen molar-refractivity contribution in [3.8, 4) is 0 Å². The predicted octanol–water partition coefficient (Wildman–Crippen LogP) is 2.49. The van der Waals surface area contributed by atoms with Crippen LogP contribution in [-0.4, -0.2) is 12.5 Å². The van der Waals surface area contributed by atoms with Crippen molar-refractivity contribution in [2.45, 2.75) is 12.3 Å². The number of hydrogen-bond acceptors (Lipinski definition) is 2. The van der Waals surface area contributed by atoms with Crippen molar-refractivity contribution >= 4 is 39.1 Å². The monoisotopic (exact) mass is 288 g/mol. The third kappa shape index (κ3) is 2.02. The van der Waals surface area contributed by atoms with Gasteiger partial charge in [0.2, 0.25) is 5.91 Å². The molecule has 2 rings (SSSR count). The van der Waals surface area contributed by atoms with Gasteiger partial charge in [-0.15, -0.1) is 0 Å². The highest BCUT2D eigenvalue weighted by molar-refractivity contribution is 9.10. The van der Waals surface area contributed by atoms with E-state index in [1.54, 1.807) is 6.07 Å². The number of fused-ring (bicyclic) bond motifs is 1. The number of nitrogens with one attached hydrogen (secondary N) is 1. The normalized spacial score (nSPS) is 19.7. The average Bonchev–Trinajstić information content (AvgIpc) is 2.18. The Morgan fingerprint density at radius 3 is 3.00 bits per heavy atom. The zero-order valence-electron chi connectivity index (χ0n) is 7.89. The van der Waals surface area contributed by atoms with Crippen LogP contribution in [0.4, 0.5) is 5.69 Å². The lowest BCUT2D eigenvalue weighted by atomic mass is 9.91. The predicted molar refractivity (Wildman–Crippen MR) is 64.2 cm³/mol. The van der Waals surface area contributed by atoms with Gasteiger partial charge in [-0.25, -0.2) is 0 Å². The third-order valence-corrected chi connectivity index (χ3v) is 3.26. The molecular formula is C10H10BrClN2O. The fraction of sp³-hybridized carbons (Fsp3) is 0.300. The summed E-state index contributed by atoms with van der Waals surface area (Å²) in [4.78, 5) is 11.4. The van der Waals surface area contributed by atoms with Crippen molar-refractivity contribution in [1.82, 2.24) is 0 Å². The molecule has 0 spiro atoms. The van der Waals surface area contributed by atoms with Crippen molar-refractivity contribution in [3.63, 3.8) is 0 Å². The minimum absolute atomic E-state index is 0.0258. The lowest BCUT2D eigenvalue weighted by molar-refractivity contribution is -0.116. The SMILES string of the molecule is NCC1CC(=O)Nc2c(Cl)cc(Br)cc21. The van der Waals surface area contributed by atoms with Crippen molar-refractivity contribution in [2.24, 2.45) is 5.73 Å². The second-order valence-corrected chi connectivity index (χ2v) is 4.86. The average molecular weight is 290 g/mol. The van der Waals surface area contributed by atoms with E-state index in [1.807, 2.05) is 6.07 Å². The first kappa shape index (κ1) is 10.9. The minimum Gasteiger partial charge on any atom is -0.330 e. The van der Waals surface area contributed by atoms with Crippen LogP contribution in [0.1, 0.15) is 17.9 Å². The molecule has 0 fully saturated rings. The highest BCUT2D eigenvalue weighted by Crippen LogP contribution is 2.38. The number of rotatable bonds is 1. The third-order valence-electron chi connectivity index (χ3n) is 2.51. The van der Waals surface area contributed by atoms with Crippen LogP contribution in [0.15, 0.2) is 16.6 Å². The molecule has 0 saturated carbocycles. The summed E-state index contributed by atoms with van der Waals surface area (Å²) in [6.07, 6.45) is 0.427. The standard InChI is InChI=1S/C10H10BrClN2O/c11-6-2-7-5(4-13)1-9(15)14-10(7)8(12)3-6/h2-3,5H,1,4,13H2,(H,14,15). The molecule has 1 aliphatic rings. The van der Waals surface area contributed by atoms with Crippen molar-refractivity contribution < 1.29 is 4.79 Å². The van der Waals surface area contributed by atoms with E-state index in [9.17, 15) is 4.79 Å². The van der Waals surface area contributed by atoms with Crippen LogP contribution >= 0.6 is 27.5 Å². The van der Waals surface area contributed by atoms with E-state index in [0.717, 1.165) is 10.0 Å². The van der Waals surface area contributed by atoms with Crippen molar-refractivity contribution in [1.29, 1.82) is 0 Å². The zero-order valence-corrected chi connectivity index (χ0v) is 10.2. The molecule has 1 aromatic carbocycles. The molecule has 1 aliphatic heterocycles. The van der Waals surface area contributed by atoms with E-state index in [1.165, 1.54) is 0 Å². The largest absolute Gasteiger partial charge is 0.330 e. The molecule has 0 aliphatic carbocycles. The first-order valence-electron chi connectivity index (χ1n) is 4.60. The quantitative estimate of drug-likeness (QED) is 0.834. The highest BCUT2D eigenvalue weighted by atomic mass is 79.9. The van der Waals surface area contributed by atoms with E-state index in [0.29, 0.717) is 23.7 Å². The van der Waals surface area contributed by atoms with E-state index >= 15 is 0 Å². The molecular weight excluding hydrogens is 279 g/mol. The van der Waals surface area contributed by atoms with Crippen LogP contribution in [0.25, 0.3) is 0 Å². The fourth-order valence-corrected chi connectivity index (χ4v) is 2.66. The molecule has 15 heavy (non-hydrogen) atoms. The molecule has 1 atom stereocenters. The molecule has 3 N–H and O–H groups in total. The Bertz CT molecular complexity index is 422. The first-order chi connectivity index (χ1) is 7.11. The number of hydrogen-bond donors (Lipinski definition) is 2. The van der Waals surface area contributed by atoms with Gasteiger partial charge in [0.15, 0.2) is 0 Å². The number of halogens is 2. The Morgan fingerprint density at radius 1 is 1.60 bits per heavy atom. The summed E-state index contributed by atoms with van der Waals surface area (Å²) >= 11 is 9.42. The lowest BCUT2D eigenvalue weighted by Crippen LogP contribution is -2.27. The molecule has 0 saturated heterocycles. The van der Waals surface area contributed by atoms with Gasteiger partial charge in [-0.3, -0.25) is 4.79 Å². The number of carbonyl (C=O) groups excluding carboxylic acids is 1. The minimum atomic E-state index is -0.0258. The maximum atomic E-state index is 11.4. The molecule has 0 aromatic heterocycles. The van der Waals surface area contributed by atoms with Gasteiger partial charge < -0.3 is 11.1 Å². The number of amides is 1. The summed E-state index contributed by atoms with van der Waals surface area (Å²) in [5.74, 6) is 0.0333. The number of benzene rings is 1. The lowest BCUT2D eigenvalue weighted by Gasteiger charge is -2.25. The molecule has 5 heteroatoms. The van der Waals surface area contributed by atoms with E-state index in [-0.39, 0.29) is 11.8 Å². The topological polar surface area (TPSA) is 55.1 Å². The van der Waals surface area contributed by atoms with E-state index in [2.05, 4.69) is 21.2 Å². The van der Waals surface area contributed by atoms with Gasteiger partial charge in [-0.05, 0) is 24.2 Å². The fourth-order valence-electron chi connectivity index (χ4n) is 1.78. The Hall–Kier alpha value is -0.580. The van der Waals surface area contributed by atoms with Crippen molar-refractivity contribution in [3.05, 3.63) is 27.2 Å². The van der Waals surface area contributed by atoms with Gasteiger partial charge in [-0.1, -0.05) is 27.5 Å². The van der Waals surface area contributed by atoms with Crippen LogP contribution in [0.2, 0.25) is 5.02 Å². The molecule has 80 valence electrons. The van der Waals surface area contributed by atoms with E-state index < -0.39 is 0 Å². The van der Waals surface area contributed by atoms with Crippen LogP contribution < -0.4 is 11.1 Å². The van der Waals surface area contributed by atoms with Crippen LogP contribution in [-0.2, 0) is 4.79 Å². The second kappa shape index (κ2) is 4.12. The van der Waals surface area contributed by atoms with Gasteiger partial charge in [0, 0.05) is 16.8 Å². The van der Waals surface area contributed by atoms with Gasteiger partial charge >= 0.3 is 0 Å². The van der Waals surface area contributed by atoms with Gasteiger partial charge in [0.05, 0.1) is 10.7 Å². The molecule has 1 heterocycles. The number of carbonyl (C=O) groups is 1. The molecule has 0 radical (unpaired) electrons. The molecule has 0 bridgehead atoms. The number of anilines is 1. The molecule has 1 amide bonds. The summed E-state index contributed by atoms with van der Waals surface area (Å²) in [5, 5.41) is 3.32. The highest BCUT2D eigenvalue weighted by Gasteiger charge is 2.26. The summed E-state index contributed by atoms with van der Waals surface area (Å²) in [7, 11) is 0. The smallest absolute Gasteiger partial charge is 0.225 e. The summed E-state index contributed by atoms with van der Waals surface area (Å²) < 4.78 is 0.904. The maximum Gasteiger partial charge on any atom is 0.225 e. The molecule has 1 unspecified atom stereocenters. The summed E-state index contributed by atoms with van der Waals surface area (Å²) in [6, 6.07) is 3.72. The zero-order chi connectivity index (χ0) is 11.0. The van der Waals surface area contributed by atoms with Crippen LogP contribution in [0.3, 0.4) is 0 Å². The molecule has 3 nitrogen and oxygen atoms in total. The number of nitrogens with two attached hydrogens (primary N) is 1. The van der Waals surface area contributed by atoms with Crippen LogP contribution in [0, 0.1) is 0 Å². The Labute approximate surface area is 101 Å².